The van der Waals surface area contributed by atoms with E-state index >= 15 is 0 Å². The smallest absolute Gasteiger partial charge is 0.189 e. The zero-order valence-corrected chi connectivity index (χ0v) is 15.2. The van der Waals surface area contributed by atoms with Crippen molar-refractivity contribution in [2.75, 3.05) is 7.11 Å². The van der Waals surface area contributed by atoms with E-state index in [1.54, 1.807) is 25.1 Å². The van der Waals surface area contributed by atoms with Gasteiger partial charge in [-0.15, -0.1) is 6.58 Å². The lowest BCUT2D eigenvalue weighted by molar-refractivity contribution is -0.281. The van der Waals surface area contributed by atoms with Crippen molar-refractivity contribution < 1.29 is 29.9 Å². The maximum atomic E-state index is 12.5. The Labute approximate surface area is 157 Å². The fraction of sp³-hybridized carbons (Fsp3) is 0.190. The average Bonchev–Trinajstić information content (AvgIpc) is 2.65. The van der Waals surface area contributed by atoms with E-state index in [1.165, 1.54) is 37.5 Å². The van der Waals surface area contributed by atoms with Crippen molar-refractivity contribution in [3.63, 3.8) is 0 Å². The number of allylic oxidation sites excluding steroid dienone is 1. The summed E-state index contributed by atoms with van der Waals surface area (Å²) in [5.74, 6) is -0.346. The highest BCUT2D eigenvalue weighted by Gasteiger charge is 2.25. The van der Waals surface area contributed by atoms with Crippen LogP contribution in [0.15, 0.2) is 54.6 Å². The molecule has 0 saturated heterocycles. The highest BCUT2D eigenvalue weighted by molar-refractivity contribution is 6.09. The second-order valence-electron chi connectivity index (χ2n) is 6.12. The Morgan fingerprint density at radius 3 is 2.41 bits per heavy atom. The van der Waals surface area contributed by atoms with Crippen molar-refractivity contribution in [3.8, 4) is 17.2 Å². The molecule has 6 nitrogen and oxygen atoms in total. The summed E-state index contributed by atoms with van der Waals surface area (Å²) in [4.78, 5) is 17.0. The minimum absolute atomic E-state index is 0.0459. The molecule has 1 unspecified atom stereocenters. The summed E-state index contributed by atoms with van der Waals surface area (Å²) < 4.78 is 5.23. The molecule has 1 atom stereocenters. The number of carbonyl (C=O) groups excluding carboxylic acids is 1. The van der Waals surface area contributed by atoms with Crippen LogP contribution in [0.2, 0.25) is 0 Å². The molecule has 0 aliphatic rings. The molecular formula is C21H22O6. The quantitative estimate of drug-likeness (QED) is 0.208. The number of carbonyl (C=O) groups is 1. The number of phenols is 2. The van der Waals surface area contributed by atoms with Crippen molar-refractivity contribution in [2.24, 2.45) is 0 Å². The molecule has 0 heterocycles. The summed E-state index contributed by atoms with van der Waals surface area (Å²) >= 11 is 0. The van der Waals surface area contributed by atoms with Crippen LogP contribution in [0.3, 0.4) is 0 Å². The van der Waals surface area contributed by atoms with E-state index in [-0.39, 0.29) is 34.8 Å². The normalized spacial score (nSPS) is 12.1. The second kappa shape index (κ2) is 9.02. The average molecular weight is 370 g/mol. The fourth-order valence-corrected chi connectivity index (χ4v) is 2.63. The molecule has 2 aromatic rings. The Morgan fingerprint density at radius 2 is 1.85 bits per heavy atom. The Morgan fingerprint density at radius 1 is 1.19 bits per heavy atom. The van der Waals surface area contributed by atoms with Gasteiger partial charge in [-0.05, 0) is 42.8 Å². The molecule has 142 valence electrons. The Bertz CT molecular complexity index is 852. The van der Waals surface area contributed by atoms with Crippen LogP contribution in [-0.2, 0) is 4.89 Å². The van der Waals surface area contributed by atoms with Crippen LogP contribution in [0, 0.1) is 0 Å². The van der Waals surface area contributed by atoms with Crippen molar-refractivity contribution in [1.29, 1.82) is 0 Å². The summed E-state index contributed by atoms with van der Waals surface area (Å²) in [5, 5.41) is 29.2. The SMILES string of the molecule is C=C(C)CC(OO)c1c(OC)ccc(C(=O)C=Cc2ccc(O)cc2)c1O. The number of benzene rings is 2. The van der Waals surface area contributed by atoms with E-state index in [1.807, 2.05) is 0 Å². The maximum absolute atomic E-state index is 12.5. The molecule has 0 aliphatic heterocycles. The van der Waals surface area contributed by atoms with E-state index in [0.717, 1.165) is 5.57 Å². The third kappa shape index (κ3) is 4.97. The molecule has 0 fully saturated rings. The molecule has 0 saturated carbocycles. The van der Waals surface area contributed by atoms with Gasteiger partial charge in [0.25, 0.3) is 0 Å². The maximum Gasteiger partial charge on any atom is 0.189 e. The molecule has 27 heavy (non-hydrogen) atoms. The summed E-state index contributed by atoms with van der Waals surface area (Å²) in [6.07, 6.45) is 2.19. The van der Waals surface area contributed by atoms with Gasteiger partial charge in [-0.2, -0.15) is 0 Å². The third-order valence-corrected chi connectivity index (χ3v) is 3.97. The first-order valence-corrected chi connectivity index (χ1v) is 8.23. The number of hydrogen-bond acceptors (Lipinski definition) is 6. The van der Waals surface area contributed by atoms with Crippen LogP contribution >= 0.6 is 0 Å². The van der Waals surface area contributed by atoms with E-state index in [9.17, 15) is 20.3 Å². The van der Waals surface area contributed by atoms with Gasteiger partial charge in [-0.3, -0.25) is 10.1 Å². The Balaban J connectivity index is 2.39. The highest BCUT2D eigenvalue weighted by Crippen LogP contribution is 2.40. The van der Waals surface area contributed by atoms with Gasteiger partial charge in [0, 0.05) is 6.42 Å². The molecule has 2 rings (SSSR count). The number of rotatable bonds is 8. The first-order chi connectivity index (χ1) is 12.9. The van der Waals surface area contributed by atoms with Gasteiger partial charge in [0.15, 0.2) is 5.78 Å². The molecule has 0 amide bonds. The van der Waals surface area contributed by atoms with Crippen LogP contribution < -0.4 is 4.74 Å². The molecule has 3 N–H and O–H groups in total. The van der Waals surface area contributed by atoms with Crippen LogP contribution in [0.25, 0.3) is 6.08 Å². The van der Waals surface area contributed by atoms with E-state index in [0.29, 0.717) is 5.56 Å². The largest absolute Gasteiger partial charge is 0.508 e. The molecule has 6 heteroatoms. The number of hydrogen-bond donors (Lipinski definition) is 3. The lowest BCUT2D eigenvalue weighted by Gasteiger charge is -2.19. The first-order valence-electron chi connectivity index (χ1n) is 8.23. The monoisotopic (exact) mass is 370 g/mol. The number of aromatic hydroxyl groups is 2. The zero-order valence-electron chi connectivity index (χ0n) is 15.2. The van der Waals surface area contributed by atoms with Crippen LogP contribution in [0.1, 0.15) is 40.9 Å². The van der Waals surface area contributed by atoms with Crippen LogP contribution in [0.5, 0.6) is 17.2 Å². The lowest BCUT2D eigenvalue weighted by atomic mass is 9.96. The summed E-state index contributed by atoms with van der Waals surface area (Å²) in [5.41, 5.74) is 1.66. The van der Waals surface area contributed by atoms with Gasteiger partial charge in [0.1, 0.15) is 23.4 Å². The Kier molecular flexibility index (Phi) is 6.76. The highest BCUT2D eigenvalue weighted by atomic mass is 17.1. The van der Waals surface area contributed by atoms with Crippen molar-refractivity contribution in [3.05, 3.63) is 71.3 Å². The molecule has 0 radical (unpaired) electrons. The predicted molar refractivity (Wildman–Crippen MR) is 102 cm³/mol. The molecule has 0 bridgehead atoms. The molecule has 2 aromatic carbocycles. The van der Waals surface area contributed by atoms with Gasteiger partial charge in [0.05, 0.1) is 18.2 Å². The van der Waals surface area contributed by atoms with Crippen LogP contribution in [-0.4, -0.2) is 28.4 Å². The third-order valence-electron chi connectivity index (χ3n) is 3.97. The predicted octanol–water partition coefficient (Wildman–Crippen LogP) is 4.50. The Hall–Kier alpha value is -3.09. The second-order valence-corrected chi connectivity index (χ2v) is 6.12. The van der Waals surface area contributed by atoms with Gasteiger partial charge in [-0.1, -0.05) is 23.8 Å². The molecule has 0 spiro atoms. The van der Waals surface area contributed by atoms with Gasteiger partial charge < -0.3 is 14.9 Å². The minimum Gasteiger partial charge on any atom is -0.508 e. The van der Waals surface area contributed by atoms with Gasteiger partial charge in [0.2, 0.25) is 0 Å². The number of methoxy groups -OCH3 is 1. The number of ether oxygens (including phenoxy) is 1. The molecular weight excluding hydrogens is 348 g/mol. The minimum atomic E-state index is -0.925. The topological polar surface area (TPSA) is 96.2 Å². The van der Waals surface area contributed by atoms with E-state index in [4.69, 9.17) is 4.74 Å². The summed E-state index contributed by atoms with van der Waals surface area (Å²) in [6, 6.07) is 9.29. The summed E-state index contributed by atoms with van der Waals surface area (Å²) in [6.45, 7) is 5.53. The van der Waals surface area contributed by atoms with Crippen molar-refractivity contribution >= 4 is 11.9 Å². The van der Waals surface area contributed by atoms with Crippen molar-refractivity contribution in [1.82, 2.24) is 0 Å². The van der Waals surface area contributed by atoms with E-state index in [2.05, 4.69) is 11.5 Å². The number of ketones is 1. The summed E-state index contributed by atoms with van der Waals surface area (Å²) in [7, 11) is 1.42. The molecule has 0 aromatic heterocycles. The fourth-order valence-electron chi connectivity index (χ4n) is 2.63. The first kappa shape index (κ1) is 20.2. The lowest BCUT2D eigenvalue weighted by Crippen LogP contribution is -2.08. The van der Waals surface area contributed by atoms with Gasteiger partial charge in [-0.25, -0.2) is 4.89 Å². The number of phenolic OH excluding ortho intramolecular Hbond substituents is 2. The standard InChI is InChI=1S/C21H22O6/c1-13(2)12-19(27-25)20-18(26-3)11-9-16(21(20)24)17(23)10-6-14-4-7-15(22)8-5-14/h4-11,19,22,24-25H,1,12H2,2-3H3. The van der Waals surface area contributed by atoms with E-state index < -0.39 is 11.9 Å². The zero-order chi connectivity index (χ0) is 20.0. The van der Waals surface area contributed by atoms with Crippen molar-refractivity contribution in [2.45, 2.75) is 19.4 Å². The van der Waals surface area contributed by atoms with Gasteiger partial charge >= 0.3 is 0 Å². The molecule has 0 aliphatic carbocycles. The van der Waals surface area contributed by atoms with Crippen LogP contribution in [0.4, 0.5) is 0 Å².